The Bertz CT molecular complexity index is 718. The largest absolute Gasteiger partial charge is 0.460 e. The summed E-state index contributed by atoms with van der Waals surface area (Å²) in [6.07, 6.45) is 1.86. The van der Waals surface area contributed by atoms with E-state index in [0.29, 0.717) is 17.9 Å². The van der Waals surface area contributed by atoms with E-state index in [0.717, 1.165) is 30.2 Å². The fourth-order valence-electron chi connectivity index (χ4n) is 2.47. The molecule has 0 fully saturated rings. The fourth-order valence-corrected chi connectivity index (χ4v) is 2.47. The van der Waals surface area contributed by atoms with Crippen LogP contribution in [-0.4, -0.2) is 24.9 Å². The third kappa shape index (κ3) is 2.74. The van der Waals surface area contributed by atoms with Crippen molar-refractivity contribution in [3.05, 3.63) is 36.6 Å². The number of carbonyl (C=O) groups excluding carboxylic acids is 1. The molecule has 114 valence electrons. The first-order valence-electron chi connectivity index (χ1n) is 7.36. The number of benzene rings is 1. The maximum atomic E-state index is 11.5. The summed E-state index contributed by atoms with van der Waals surface area (Å²) in [4.78, 5) is 18.1. The van der Waals surface area contributed by atoms with Crippen molar-refractivity contribution in [2.45, 2.75) is 20.3 Å². The van der Waals surface area contributed by atoms with E-state index in [4.69, 9.17) is 9.15 Å². The van der Waals surface area contributed by atoms with Gasteiger partial charge >= 0.3 is 5.97 Å². The van der Waals surface area contributed by atoms with Gasteiger partial charge in [0.15, 0.2) is 11.5 Å². The van der Waals surface area contributed by atoms with Crippen LogP contribution in [0.5, 0.6) is 5.75 Å². The molecule has 0 saturated heterocycles. The lowest BCUT2D eigenvalue weighted by Gasteiger charge is -2.18. The SMILES string of the molecule is CCC(=O)Oc1ccoc1-c1cccc(N2CCN=C2C)c1. The van der Waals surface area contributed by atoms with Gasteiger partial charge in [-0.25, -0.2) is 0 Å². The zero-order chi connectivity index (χ0) is 15.5. The maximum absolute atomic E-state index is 11.5. The first-order valence-corrected chi connectivity index (χ1v) is 7.36. The first-order chi connectivity index (χ1) is 10.7. The second kappa shape index (κ2) is 6.05. The van der Waals surface area contributed by atoms with Gasteiger partial charge in [-0.2, -0.15) is 0 Å². The van der Waals surface area contributed by atoms with Gasteiger partial charge in [-0.15, -0.1) is 0 Å². The van der Waals surface area contributed by atoms with E-state index in [1.165, 1.54) is 6.26 Å². The Morgan fingerprint density at radius 3 is 3.00 bits per heavy atom. The molecule has 2 aromatic rings. The topological polar surface area (TPSA) is 55.0 Å². The normalized spacial score (nSPS) is 14.1. The fraction of sp³-hybridized carbons (Fsp3) is 0.294. The van der Waals surface area contributed by atoms with Crippen molar-refractivity contribution in [3.8, 4) is 17.1 Å². The van der Waals surface area contributed by atoms with E-state index in [-0.39, 0.29) is 5.97 Å². The van der Waals surface area contributed by atoms with Crippen LogP contribution in [0.2, 0.25) is 0 Å². The summed E-state index contributed by atoms with van der Waals surface area (Å²) in [5.41, 5.74) is 1.93. The predicted molar refractivity (Wildman–Crippen MR) is 85.4 cm³/mol. The van der Waals surface area contributed by atoms with E-state index in [1.54, 1.807) is 13.0 Å². The number of hydrogen-bond acceptors (Lipinski definition) is 5. The third-order valence-corrected chi connectivity index (χ3v) is 3.62. The molecule has 1 aromatic carbocycles. The molecule has 0 radical (unpaired) electrons. The summed E-state index contributed by atoms with van der Waals surface area (Å²) >= 11 is 0. The van der Waals surface area contributed by atoms with Crippen LogP contribution in [0.1, 0.15) is 20.3 Å². The molecule has 0 saturated carbocycles. The van der Waals surface area contributed by atoms with Crippen molar-refractivity contribution in [1.82, 2.24) is 0 Å². The van der Waals surface area contributed by atoms with E-state index in [2.05, 4.69) is 9.89 Å². The monoisotopic (exact) mass is 298 g/mol. The molecule has 0 bridgehead atoms. The van der Waals surface area contributed by atoms with Crippen molar-refractivity contribution < 1.29 is 13.9 Å². The van der Waals surface area contributed by atoms with E-state index < -0.39 is 0 Å². The van der Waals surface area contributed by atoms with Gasteiger partial charge in [0.2, 0.25) is 0 Å². The summed E-state index contributed by atoms with van der Waals surface area (Å²) in [5, 5.41) is 0. The minimum atomic E-state index is -0.277. The Labute approximate surface area is 129 Å². The van der Waals surface area contributed by atoms with Gasteiger partial charge in [-0.3, -0.25) is 9.79 Å². The van der Waals surface area contributed by atoms with Gasteiger partial charge in [-0.05, 0) is 19.1 Å². The number of ether oxygens (including phenoxy) is 1. The molecule has 22 heavy (non-hydrogen) atoms. The highest BCUT2D eigenvalue weighted by atomic mass is 16.5. The third-order valence-electron chi connectivity index (χ3n) is 3.62. The molecule has 0 aliphatic carbocycles. The summed E-state index contributed by atoms with van der Waals surface area (Å²) in [7, 11) is 0. The van der Waals surface area contributed by atoms with Gasteiger partial charge in [0, 0.05) is 30.3 Å². The van der Waals surface area contributed by atoms with E-state index >= 15 is 0 Å². The van der Waals surface area contributed by atoms with Gasteiger partial charge in [0.1, 0.15) is 5.84 Å². The number of carbonyl (C=O) groups is 1. The molecule has 1 aliphatic heterocycles. The number of aliphatic imine (C=N–C) groups is 1. The van der Waals surface area contributed by atoms with E-state index in [9.17, 15) is 4.79 Å². The van der Waals surface area contributed by atoms with Crippen LogP contribution in [0.4, 0.5) is 5.69 Å². The lowest BCUT2D eigenvalue weighted by atomic mass is 10.1. The van der Waals surface area contributed by atoms with Crippen LogP contribution in [0.15, 0.2) is 46.0 Å². The highest BCUT2D eigenvalue weighted by molar-refractivity contribution is 5.98. The van der Waals surface area contributed by atoms with Crippen LogP contribution in [0, 0.1) is 0 Å². The van der Waals surface area contributed by atoms with Crippen LogP contribution < -0.4 is 9.64 Å². The second-order valence-electron chi connectivity index (χ2n) is 5.07. The number of rotatable bonds is 4. The summed E-state index contributed by atoms with van der Waals surface area (Å²) < 4.78 is 10.8. The van der Waals surface area contributed by atoms with Crippen molar-refractivity contribution in [2.75, 3.05) is 18.0 Å². The Kier molecular flexibility index (Phi) is 3.96. The molecule has 0 amide bonds. The van der Waals surface area contributed by atoms with Crippen molar-refractivity contribution in [1.29, 1.82) is 0 Å². The number of nitrogens with zero attached hydrogens (tertiary/aromatic N) is 2. The zero-order valence-corrected chi connectivity index (χ0v) is 12.7. The lowest BCUT2D eigenvalue weighted by Crippen LogP contribution is -2.24. The average molecular weight is 298 g/mol. The number of amidine groups is 1. The summed E-state index contributed by atoms with van der Waals surface area (Å²) in [5.74, 6) is 1.75. The van der Waals surface area contributed by atoms with Crippen molar-refractivity contribution >= 4 is 17.5 Å². The molecule has 0 atom stereocenters. The maximum Gasteiger partial charge on any atom is 0.311 e. The molecule has 5 heteroatoms. The zero-order valence-electron chi connectivity index (χ0n) is 12.7. The molecule has 0 N–H and O–H groups in total. The quantitative estimate of drug-likeness (QED) is 0.811. The number of esters is 1. The van der Waals surface area contributed by atoms with Crippen molar-refractivity contribution in [2.24, 2.45) is 4.99 Å². The number of anilines is 1. The molecular weight excluding hydrogens is 280 g/mol. The van der Waals surface area contributed by atoms with Crippen molar-refractivity contribution in [3.63, 3.8) is 0 Å². The predicted octanol–water partition coefficient (Wildman–Crippen LogP) is 3.50. The molecule has 1 aliphatic rings. The standard InChI is InChI=1S/C17H18N2O3/c1-3-16(20)22-15-7-10-21-17(15)13-5-4-6-14(11-13)19-9-8-18-12(19)2/h4-7,10-11H,3,8-9H2,1-2H3. The Hall–Kier alpha value is -2.56. The Balaban J connectivity index is 1.91. The Morgan fingerprint density at radius 1 is 1.41 bits per heavy atom. The summed E-state index contributed by atoms with van der Waals surface area (Å²) in [6, 6.07) is 9.62. The minimum absolute atomic E-state index is 0.277. The average Bonchev–Trinajstić information content (AvgIpc) is 3.16. The van der Waals surface area contributed by atoms with Gasteiger partial charge in [0.25, 0.3) is 0 Å². The van der Waals surface area contributed by atoms with Gasteiger partial charge < -0.3 is 14.1 Å². The van der Waals surface area contributed by atoms with Crippen LogP contribution in [0.3, 0.4) is 0 Å². The van der Waals surface area contributed by atoms with Crippen LogP contribution in [-0.2, 0) is 4.79 Å². The molecule has 0 unspecified atom stereocenters. The number of furan rings is 1. The van der Waals surface area contributed by atoms with Crippen LogP contribution >= 0.6 is 0 Å². The second-order valence-corrected chi connectivity index (χ2v) is 5.07. The smallest absolute Gasteiger partial charge is 0.311 e. The van der Waals surface area contributed by atoms with E-state index in [1.807, 2.05) is 31.2 Å². The molecule has 3 rings (SSSR count). The summed E-state index contributed by atoms with van der Waals surface area (Å²) in [6.45, 7) is 5.46. The minimum Gasteiger partial charge on any atom is -0.460 e. The molecule has 1 aromatic heterocycles. The van der Waals surface area contributed by atoms with Gasteiger partial charge in [0.05, 0.1) is 12.8 Å². The molecule has 0 spiro atoms. The lowest BCUT2D eigenvalue weighted by molar-refractivity contribution is -0.134. The highest BCUT2D eigenvalue weighted by Crippen LogP contribution is 2.33. The van der Waals surface area contributed by atoms with Crippen LogP contribution in [0.25, 0.3) is 11.3 Å². The Morgan fingerprint density at radius 2 is 2.27 bits per heavy atom. The first kappa shape index (κ1) is 14.4. The molecular formula is C17H18N2O3. The molecule has 5 nitrogen and oxygen atoms in total. The van der Waals surface area contributed by atoms with Gasteiger partial charge in [-0.1, -0.05) is 19.1 Å². The molecule has 2 heterocycles. The highest BCUT2D eigenvalue weighted by Gasteiger charge is 2.17. The number of hydrogen-bond donors (Lipinski definition) is 0.